The minimum Gasteiger partial charge on any atom is -0.453 e. The second-order valence-corrected chi connectivity index (χ2v) is 5.06. The molecule has 0 heterocycles. The van der Waals surface area contributed by atoms with Gasteiger partial charge in [0, 0.05) is 16.6 Å². The average Bonchev–Trinajstić information content (AvgIpc) is 2.28. The van der Waals surface area contributed by atoms with Crippen LogP contribution in [0.4, 0.5) is 0 Å². The highest BCUT2D eigenvalue weighted by atomic mass is 79.9. The maximum atomic E-state index is 11.7. The molecule has 0 spiro atoms. The van der Waals surface area contributed by atoms with Gasteiger partial charge in [-0.3, -0.25) is 9.59 Å². The van der Waals surface area contributed by atoms with Crippen LogP contribution >= 0.6 is 31.9 Å². The molecule has 1 aromatic carbocycles. The van der Waals surface area contributed by atoms with Gasteiger partial charge < -0.3 is 4.74 Å². The van der Waals surface area contributed by atoms with E-state index < -0.39 is 0 Å². The number of hydrogen-bond acceptors (Lipinski definition) is 3. The Labute approximate surface area is 114 Å². The minimum atomic E-state index is -0.340. The molecule has 3 nitrogen and oxygen atoms in total. The highest BCUT2D eigenvalue weighted by Crippen LogP contribution is 2.23. The molecule has 0 aliphatic heterocycles. The summed E-state index contributed by atoms with van der Waals surface area (Å²) in [7, 11) is 0. The van der Waals surface area contributed by atoms with Gasteiger partial charge in [-0.15, -0.1) is 0 Å². The van der Waals surface area contributed by atoms with Gasteiger partial charge >= 0.3 is 0 Å². The number of hydrogen-bond donors (Lipinski definition) is 0. The zero-order chi connectivity index (χ0) is 12.4. The number of rotatable bonds is 2. The monoisotopic (exact) mass is 356 g/mol. The van der Waals surface area contributed by atoms with Crippen LogP contribution < -0.4 is 4.74 Å². The fourth-order valence-electron chi connectivity index (χ4n) is 1.25. The molecule has 0 atom stereocenters. The zero-order valence-corrected chi connectivity index (χ0v) is 11.6. The Morgan fingerprint density at radius 3 is 2.24 bits per heavy atom. The van der Waals surface area contributed by atoms with Crippen molar-refractivity contribution in [1.29, 1.82) is 0 Å². The topological polar surface area (TPSA) is 43.4 Å². The Morgan fingerprint density at radius 2 is 1.59 bits per heavy atom. The van der Waals surface area contributed by atoms with Gasteiger partial charge in [-0.1, -0.05) is 15.9 Å². The van der Waals surface area contributed by atoms with Crippen LogP contribution in [0, 0.1) is 0 Å². The van der Waals surface area contributed by atoms with E-state index in [9.17, 15) is 9.59 Å². The molecule has 5 heteroatoms. The summed E-state index contributed by atoms with van der Waals surface area (Å²) in [5.41, 5.74) is 0. The molecule has 0 radical (unpaired) electrons. The van der Waals surface area contributed by atoms with Crippen LogP contribution in [0.25, 0.3) is 0 Å². The van der Waals surface area contributed by atoms with E-state index in [0.29, 0.717) is 5.75 Å². The van der Waals surface area contributed by atoms with E-state index >= 15 is 0 Å². The molecule has 0 aromatic heterocycles. The van der Waals surface area contributed by atoms with Crippen LogP contribution in [0.15, 0.2) is 51.1 Å². The summed E-state index contributed by atoms with van der Waals surface area (Å²) in [5.74, 6) is -0.0920. The Morgan fingerprint density at radius 1 is 0.941 bits per heavy atom. The van der Waals surface area contributed by atoms with Gasteiger partial charge in [0.1, 0.15) is 5.75 Å². The molecule has 0 N–H and O–H groups in total. The maximum Gasteiger partial charge on any atom is 0.235 e. The van der Waals surface area contributed by atoms with Crippen LogP contribution in [-0.2, 0) is 9.59 Å². The second-order valence-electron chi connectivity index (χ2n) is 3.29. The van der Waals surface area contributed by atoms with E-state index in [-0.39, 0.29) is 21.8 Å². The van der Waals surface area contributed by atoms with Crippen molar-refractivity contribution in [3.05, 3.63) is 51.1 Å². The fraction of sp³-hybridized carbons (Fsp3) is 0. The quantitative estimate of drug-likeness (QED) is 0.763. The predicted octanol–water partition coefficient (Wildman–Crippen LogP) is 3.14. The third kappa shape index (κ3) is 2.92. The lowest BCUT2D eigenvalue weighted by Gasteiger charge is -2.11. The SMILES string of the molecule is O=C1C=C(Br)C(=O)C(Oc2ccc(Br)cc2)=C1. The smallest absolute Gasteiger partial charge is 0.235 e. The molecule has 2 rings (SSSR count). The molecule has 0 saturated heterocycles. The summed E-state index contributed by atoms with van der Waals surface area (Å²) in [5, 5.41) is 0. The lowest BCUT2D eigenvalue weighted by molar-refractivity contribution is -0.116. The molecule has 1 aliphatic rings. The van der Waals surface area contributed by atoms with Gasteiger partial charge in [0.05, 0.1) is 4.48 Å². The van der Waals surface area contributed by atoms with Crippen LogP contribution in [0.2, 0.25) is 0 Å². The average molecular weight is 358 g/mol. The van der Waals surface area contributed by atoms with Gasteiger partial charge in [0.15, 0.2) is 11.5 Å². The Hall–Kier alpha value is -1.20. The summed E-state index contributed by atoms with van der Waals surface area (Å²) >= 11 is 6.32. The lowest BCUT2D eigenvalue weighted by atomic mass is 10.1. The Bertz CT molecular complexity index is 541. The second kappa shape index (κ2) is 4.98. The van der Waals surface area contributed by atoms with Crippen LogP contribution in [0.1, 0.15) is 0 Å². The van der Waals surface area contributed by atoms with E-state index in [4.69, 9.17) is 4.74 Å². The molecular weight excluding hydrogens is 352 g/mol. The van der Waals surface area contributed by atoms with E-state index in [1.165, 1.54) is 12.2 Å². The first-order valence-electron chi connectivity index (χ1n) is 4.67. The molecule has 86 valence electrons. The molecular formula is C12H6Br2O3. The molecule has 0 fully saturated rings. The van der Waals surface area contributed by atoms with Crippen molar-refractivity contribution in [3.63, 3.8) is 0 Å². The van der Waals surface area contributed by atoms with Gasteiger partial charge in [-0.2, -0.15) is 0 Å². The summed E-state index contributed by atoms with van der Waals surface area (Å²) in [6.07, 6.45) is 2.39. The number of halogens is 2. The predicted molar refractivity (Wildman–Crippen MR) is 69.9 cm³/mol. The normalized spacial score (nSPS) is 15.4. The number of carbonyl (C=O) groups is 2. The Balaban J connectivity index is 2.22. The number of carbonyl (C=O) groups excluding carboxylic acids is 2. The molecule has 0 amide bonds. The molecule has 0 unspecified atom stereocenters. The van der Waals surface area contributed by atoms with Crippen molar-refractivity contribution < 1.29 is 14.3 Å². The van der Waals surface area contributed by atoms with Crippen molar-refractivity contribution in [2.75, 3.05) is 0 Å². The molecule has 1 aliphatic carbocycles. The summed E-state index contributed by atoms with van der Waals surface area (Å²) in [4.78, 5) is 22.9. The van der Waals surface area contributed by atoms with Crippen LogP contribution in [-0.4, -0.2) is 11.6 Å². The van der Waals surface area contributed by atoms with E-state index in [0.717, 1.165) is 4.47 Å². The number of benzene rings is 1. The van der Waals surface area contributed by atoms with Crippen LogP contribution in [0.3, 0.4) is 0 Å². The van der Waals surface area contributed by atoms with Gasteiger partial charge in [0.25, 0.3) is 0 Å². The van der Waals surface area contributed by atoms with Gasteiger partial charge in [0.2, 0.25) is 5.78 Å². The minimum absolute atomic E-state index is 0.0201. The molecule has 0 saturated carbocycles. The van der Waals surface area contributed by atoms with E-state index in [2.05, 4.69) is 31.9 Å². The third-order valence-electron chi connectivity index (χ3n) is 2.02. The standard InChI is InChI=1S/C12H6Br2O3/c13-7-1-3-9(4-2-7)17-11-6-8(15)5-10(14)12(11)16/h1-6H. The lowest BCUT2D eigenvalue weighted by Crippen LogP contribution is -2.15. The van der Waals surface area contributed by atoms with E-state index in [1.807, 2.05) is 0 Å². The fourth-order valence-corrected chi connectivity index (χ4v) is 1.94. The van der Waals surface area contributed by atoms with Crippen molar-refractivity contribution in [3.8, 4) is 5.75 Å². The third-order valence-corrected chi connectivity index (χ3v) is 3.14. The number of ether oxygens (including phenoxy) is 1. The van der Waals surface area contributed by atoms with E-state index in [1.54, 1.807) is 24.3 Å². The first-order chi connectivity index (χ1) is 8.06. The number of allylic oxidation sites excluding steroid dienone is 3. The first kappa shape index (κ1) is 12.3. The Kier molecular flexibility index (Phi) is 3.59. The van der Waals surface area contributed by atoms with Crippen molar-refractivity contribution >= 4 is 43.4 Å². The highest BCUT2D eigenvalue weighted by molar-refractivity contribution is 9.12. The van der Waals surface area contributed by atoms with Crippen molar-refractivity contribution in [2.45, 2.75) is 0 Å². The summed E-state index contributed by atoms with van der Waals surface area (Å²) in [6, 6.07) is 6.98. The largest absolute Gasteiger partial charge is 0.453 e. The van der Waals surface area contributed by atoms with Crippen molar-refractivity contribution in [2.24, 2.45) is 0 Å². The molecule has 0 bridgehead atoms. The summed E-state index contributed by atoms with van der Waals surface area (Å²) < 4.78 is 6.48. The van der Waals surface area contributed by atoms with Crippen molar-refractivity contribution in [1.82, 2.24) is 0 Å². The first-order valence-corrected chi connectivity index (χ1v) is 6.26. The zero-order valence-electron chi connectivity index (χ0n) is 8.44. The van der Waals surface area contributed by atoms with Gasteiger partial charge in [-0.25, -0.2) is 0 Å². The highest BCUT2D eigenvalue weighted by Gasteiger charge is 2.21. The molecule has 1 aromatic rings. The maximum absolute atomic E-state index is 11.7. The molecule has 17 heavy (non-hydrogen) atoms. The van der Waals surface area contributed by atoms with Gasteiger partial charge in [-0.05, 0) is 40.2 Å². The summed E-state index contributed by atoms with van der Waals surface area (Å²) in [6.45, 7) is 0. The van der Waals surface area contributed by atoms with Crippen LogP contribution in [0.5, 0.6) is 5.75 Å². The number of ketones is 2. The number of Topliss-reactive ketones (excluding diaryl/α,β-unsaturated/α-hetero) is 1.